The van der Waals surface area contributed by atoms with Gasteiger partial charge < -0.3 is 4.89 Å². The van der Waals surface area contributed by atoms with Gasteiger partial charge in [0.05, 0.1) is 0 Å². The van der Waals surface area contributed by atoms with Crippen molar-refractivity contribution in [1.29, 1.82) is 0 Å². The lowest BCUT2D eigenvalue weighted by atomic mass is 10.1. The van der Waals surface area contributed by atoms with Crippen LogP contribution in [-0.4, -0.2) is 4.89 Å². The summed E-state index contributed by atoms with van der Waals surface area (Å²) in [5.41, 5.74) is 2.55. The van der Waals surface area contributed by atoms with Gasteiger partial charge in [-0.05, 0) is 11.1 Å². The summed E-state index contributed by atoms with van der Waals surface area (Å²) >= 11 is 4.81. The maximum atomic E-state index is 9.60. The van der Waals surface area contributed by atoms with E-state index in [1.165, 1.54) is 11.1 Å². The fourth-order valence-corrected chi connectivity index (χ4v) is 1.26. The number of rotatable bonds is 1. The molecule has 0 bridgehead atoms. The third-order valence-corrected chi connectivity index (χ3v) is 1.88. The van der Waals surface area contributed by atoms with Gasteiger partial charge in [-0.25, -0.2) is 0 Å². The van der Waals surface area contributed by atoms with Crippen molar-refractivity contribution >= 4 is 35.8 Å². The van der Waals surface area contributed by atoms with Crippen LogP contribution in [0, 0.1) is 0 Å². The Labute approximate surface area is 117 Å². The highest BCUT2D eigenvalue weighted by atomic mass is 79.9. The average molecular weight is 378 g/mol. The van der Waals surface area contributed by atoms with Gasteiger partial charge in [-0.2, -0.15) is 0 Å². The van der Waals surface area contributed by atoms with Crippen LogP contribution in [0.5, 0.6) is 0 Å². The smallest absolute Gasteiger partial charge is 0.325 e. The number of halogens is 2. The predicted molar refractivity (Wildman–Crippen MR) is 79.6 cm³/mol. The molecule has 0 heterocycles. The maximum absolute atomic E-state index is 9.60. The molecule has 0 aliphatic rings. The van der Waals surface area contributed by atoms with Crippen molar-refractivity contribution in [3.8, 4) is 11.1 Å². The van der Waals surface area contributed by atoms with E-state index in [2.05, 4.69) is 79.5 Å². The molecule has 2 rings (SSSR count). The predicted octanol–water partition coefficient (Wildman–Crippen LogP) is 5.23. The second kappa shape index (κ2) is 7.12. The Morgan fingerprint density at radius 2 is 1.00 bits per heavy atom. The molecule has 0 amide bonds. The molecule has 2 nitrogen and oxygen atoms in total. The summed E-state index contributed by atoms with van der Waals surface area (Å²) in [5.74, 6) is 0. The highest BCUT2D eigenvalue weighted by Crippen LogP contribution is 2.56. The first-order chi connectivity index (χ1) is 7.97. The summed E-state index contributed by atoms with van der Waals surface area (Å²) in [6.07, 6.45) is 0. The molecular formula is C12H11Br2O2P. The van der Waals surface area contributed by atoms with E-state index in [9.17, 15) is 4.57 Å². The van der Waals surface area contributed by atoms with Crippen LogP contribution in [0.15, 0.2) is 60.7 Å². The maximum Gasteiger partial charge on any atom is 0.325 e. The Hall–Kier alpha value is -0.410. The van der Waals surface area contributed by atoms with Gasteiger partial charge in [0.15, 0.2) is 0 Å². The van der Waals surface area contributed by atoms with Crippen LogP contribution >= 0.6 is 35.8 Å². The normalized spacial score (nSPS) is 10.3. The van der Waals surface area contributed by atoms with Crippen molar-refractivity contribution < 1.29 is 9.46 Å². The number of hydrogen-bond acceptors (Lipinski definition) is 1. The summed E-state index contributed by atoms with van der Waals surface area (Å²) in [5, 5.41) is 0. The minimum absolute atomic E-state index is 1.28. The van der Waals surface area contributed by atoms with Gasteiger partial charge in [-0.1, -0.05) is 60.7 Å². The highest BCUT2D eigenvalue weighted by Gasteiger charge is 2.00. The quantitative estimate of drug-likeness (QED) is 0.691. The molecule has 0 fully saturated rings. The Morgan fingerprint density at radius 3 is 1.24 bits per heavy atom. The van der Waals surface area contributed by atoms with Crippen LogP contribution in [0.4, 0.5) is 0 Å². The summed E-state index contributed by atoms with van der Waals surface area (Å²) in [6, 6.07) is 20.8. The molecule has 0 atom stereocenters. The van der Waals surface area contributed by atoms with Crippen LogP contribution in [0.25, 0.3) is 11.1 Å². The average Bonchev–Trinajstić information content (AvgIpc) is 2.29. The topological polar surface area (TPSA) is 37.3 Å². The molecule has 5 heteroatoms. The molecule has 1 N–H and O–H groups in total. The zero-order valence-corrected chi connectivity index (χ0v) is 12.9. The lowest BCUT2D eigenvalue weighted by Gasteiger charge is -1.98. The number of benzene rings is 2. The molecule has 0 aromatic heterocycles. The molecule has 90 valence electrons. The van der Waals surface area contributed by atoms with E-state index in [4.69, 9.17) is 4.89 Å². The van der Waals surface area contributed by atoms with Gasteiger partial charge in [0.1, 0.15) is 0 Å². The van der Waals surface area contributed by atoms with E-state index in [0.29, 0.717) is 0 Å². The van der Waals surface area contributed by atoms with Gasteiger partial charge in [-0.3, -0.25) is 4.57 Å². The monoisotopic (exact) mass is 376 g/mol. The van der Waals surface area contributed by atoms with Gasteiger partial charge in [0.25, 0.3) is 0 Å². The molecule has 0 saturated carbocycles. The van der Waals surface area contributed by atoms with Crippen LogP contribution < -0.4 is 0 Å². The Morgan fingerprint density at radius 1 is 0.765 bits per heavy atom. The zero-order valence-electron chi connectivity index (χ0n) is 8.83. The van der Waals surface area contributed by atoms with E-state index in [0.717, 1.165) is 0 Å². The standard InChI is InChI=1S/C12H10.Br2HO2P/c1-3-7-11(8-4-1)12-9-5-2-6-10-12;1-5(2,3)4/h1-10H;(H,3,4). The molecule has 2 aromatic carbocycles. The minimum atomic E-state index is -3.01. The second-order valence-electron chi connectivity index (χ2n) is 3.17. The first kappa shape index (κ1) is 14.7. The SMILES string of the molecule is O=P(O)(Br)Br.c1ccc(-c2ccccc2)cc1. The van der Waals surface area contributed by atoms with Crippen LogP contribution in [0.2, 0.25) is 0 Å². The first-order valence-electron chi connectivity index (χ1n) is 4.79. The van der Waals surface area contributed by atoms with Gasteiger partial charge in [0.2, 0.25) is 0 Å². The zero-order chi connectivity index (χ0) is 12.7. The van der Waals surface area contributed by atoms with E-state index in [-0.39, 0.29) is 0 Å². The third kappa shape index (κ3) is 7.50. The van der Waals surface area contributed by atoms with E-state index in [1.807, 2.05) is 12.1 Å². The molecule has 2 aromatic rings. The summed E-state index contributed by atoms with van der Waals surface area (Å²) in [7, 11) is 0. The highest BCUT2D eigenvalue weighted by molar-refractivity contribution is 9.70. The van der Waals surface area contributed by atoms with Crippen LogP contribution in [0.1, 0.15) is 0 Å². The number of hydrogen-bond donors (Lipinski definition) is 1. The van der Waals surface area contributed by atoms with Crippen molar-refractivity contribution in [2.24, 2.45) is 0 Å². The Balaban J connectivity index is 0.000000249. The van der Waals surface area contributed by atoms with Crippen molar-refractivity contribution in [2.45, 2.75) is 0 Å². The lowest BCUT2D eigenvalue weighted by molar-refractivity contribution is 0.517. The molecule has 0 unspecified atom stereocenters. The first-order valence-corrected chi connectivity index (χ1v) is 10.5. The summed E-state index contributed by atoms with van der Waals surface area (Å²) in [6.45, 7) is 0. The van der Waals surface area contributed by atoms with Gasteiger partial charge in [0, 0.05) is 31.0 Å². The van der Waals surface area contributed by atoms with Crippen molar-refractivity contribution in [2.75, 3.05) is 0 Å². The third-order valence-electron chi connectivity index (χ3n) is 1.88. The molecule has 0 aliphatic carbocycles. The van der Waals surface area contributed by atoms with Gasteiger partial charge >= 0.3 is 4.77 Å². The van der Waals surface area contributed by atoms with E-state index >= 15 is 0 Å². The van der Waals surface area contributed by atoms with E-state index < -0.39 is 4.77 Å². The fourth-order valence-electron chi connectivity index (χ4n) is 1.26. The molecule has 0 aliphatic heterocycles. The molecule has 0 radical (unpaired) electrons. The largest absolute Gasteiger partial charge is 0.329 e. The van der Waals surface area contributed by atoms with Crippen molar-refractivity contribution in [3.05, 3.63) is 60.7 Å². The van der Waals surface area contributed by atoms with Crippen LogP contribution in [-0.2, 0) is 4.57 Å². The van der Waals surface area contributed by atoms with Crippen molar-refractivity contribution in [1.82, 2.24) is 0 Å². The fraction of sp³-hybridized carbons (Fsp3) is 0. The molecule has 0 saturated heterocycles. The Kier molecular flexibility index (Phi) is 6.14. The molecule has 0 spiro atoms. The molecular weight excluding hydrogens is 367 g/mol. The second-order valence-corrected chi connectivity index (χ2v) is 12.7. The molecule has 17 heavy (non-hydrogen) atoms. The Bertz CT molecular complexity index is 437. The summed E-state index contributed by atoms with van der Waals surface area (Å²) < 4.78 is 6.59. The van der Waals surface area contributed by atoms with Gasteiger partial charge in [-0.15, -0.1) is 0 Å². The van der Waals surface area contributed by atoms with Crippen molar-refractivity contribution in [3.63, 3.8) is 0 Å². The van der Waals surface area contributed by atoms with E-state index in [1.54, 1.807) is 0 Å². The lowest BCUT2D eigenvalue weighted by Crippen LogP contribution is -1.73. The summed E-state index contributed by atoms with van der Waals surface area (Å²) in [4.78, 5) is 7.91. The minimum Gasteiger partial charge on any atom is -0.329 e. The van der Waals surface area contributed by atoms with Crippen LogP contribution in [0.3, 0.4) is 0 Å².